The van der Waals surface area contributed by atoms with Gasteiger partial charge >= 0.3 is 5.97 Å². The Morgan fingerprint density at radius 2 is 1.68 bits per heavy atom. The molecule has 1 aromatic carbocycles. The molecule has 0 bridgehead atoms. The first-order valence-corrected chi connectivity index (χ1v) is 11.0. The molecule has 0 aliphatic carbocycles. The molecule has 1 aromatic rings. The van der Waals surface area contributed by atoms with Gasteiger partial charge in [0.1, 0.15) is 18.7 Å². The molecule has 0 spiro atoms. The Hall–Kier alpha value is -2.12. The van der Waals surface area contributed by atoms with Crippen molar-refractivity contribution in [3.8, 4) is 0 Å². The van der Waals surface area contributed by atoms with Crippen LogP contribution in [0.25, 0.3) is 0 Å². The third-order valence-corrected chi connectivity index (χ3v) is 6.39. The number of likely N-dealkylation sites (tertiary alicyclic amines) is 2. The van der Waals surface area contributed by atoms with E-state index in [2.05, 4.69) is 0 Å². The Kier molecular flexibility index (Phi) is 9.32. The van der Waals surface area contributed by atoms with Crippen LogP contribution in [-0.4, -0.2) is 58.8 Å². The molecule has 2 saturated heterocycles. The second-order valence-electron chi connectivity index (χ2n) is 8.38. The number of halogens is 1. The predicted octanol–water partition coefficient (Wildman–Crippen LogP) is 2.51. The minimum Gasteiger partial charge on any atom is -0.459 e. The maximum Gasteiger partial charge on any atom is 0.329 e. The molecular formula is C23H34ClN3O4. The topological polar surface area (TPSA) is 92.9 Å². The van der Waals surface area contributed by atoms with Crippen LogP contribution in [-0.2, 0) is 25.7 Å². The zero-order valence-electron chi connectivity index (χ0n) is 18.4. The molecule has 2 heterocycles. The van der Waals surface area contributed by atoms with Crippen LogP contribution in [0.3, 0.4) is 0 Å². The lowest BCUT2D eigenvalue weighted by Crippen LogP contribution is -2.55. The Labute approximate surface area is 190 Å². The van der Waals surface area contributed by atoms with E-state index in [-0.39, 0.29) is 42.7 Å². The highest BCUT2D eigenvalue weighted by atomic mass is 35.5. The maximum absolute atomic E-state index is 13.3. The lowest BCUT2D eigenvalue weighted by Gasteiger charge is -2.32. The second kappa shape index (κ2) is 11.5. The van der Waals surface area contributed by atoms with E-state index < -0.39 is 18.1 Å². The fourth-order valence-corrected chi connectivity index (χ4v) is 4.27. The molecule has 2 N–H and O–H groups in total. The summed E-state index contributed by atoms with van der Waals surface area (Å²) < 4.78 is 5.48. The zero-order valence-corrected chi connectivity index (χ0v) is 19.2. The van der Waals surface area contributed by atoms with Gasteiger partial charge in [0, 0.05) is 13.1 Å². The van der Waals surface area contributed by atoms with Gasteiger partial charge < -0.3 is 20.3 Å². The number of amides is 2. The molecule has 8 heteroatoms. The van der Waals surface area contributed by atoms with E-state index in [1.807, 2.05) is 44.2 Å². The lowest BCUT2D eigenvalue weighted by molar-refractivity contribution is -0.156. The fraction of sp³-hybridized carbons (Fsp3) is 0.609. The lowest BCUT2D eigenvalue weighted by atomic mass is 9.98. The molecule has 4 atom stereocenters. The summed E-state index contributed by atoms with van der Waals surface area (Å²) in [5.41, 5.74) is 7.06. The molecule has 0 saturated carbocycles. The number of nitrogens with two attached hydrogens (primary N) is 1. The largest absolute Gasteiger partial charge is 0.459 e. The third kappa shape index (κ3) is 5.77. The average Bonchev–Trinajstić information content (AvgIpc) is 3.46. The molecule has 2 fully saturated rings. The van der Waals surface area contributed by atoms with Crippen LogP contribution in [0.5, 0.6) is 0 Å². The first-order valence-electron chi connectivity index (χ1n) is 11.0. The van der Waals surface area contributed by atoms with Gasteiger partial charge in [-0.25, -0.2) is 4.79 Å². The van der Waals surface area contributed by atoms with Crippen molar-refractivity contribution in [1.82, 2.24) is 9.80 Å². The van der Waals surface area contributed by atoms with Crippen LogP contribution in [0.4, 0.5) is 0 Å². The highest BCUT2D eigenvalue weighted by Crippen LogP contribution is 2.27. The number of rotatable bonds is 7. The van der Waals surface area contributed by atoms with Gasteiger partial charge in [0.15, 0.2) is 0 Å². The van der Waals surface area contributed by atoms with Gasteiger partial charge in [-0.2, -0.15) is 0 Å². The maximum atomic E-state index is 13.3. The summed E-state index contributed by atoms with van der Waals surface area (Å²) >= 11 is 0. The average molecular weight is 452 g/mol. The number of hydrogen-bond donors (Lipinski definition) is 1. The van der Waals surface area contributed by atoms with E-state index >= 15 is 0 Å². The molecule has 2 amide bonds. The Morgan fingerprint density at radius 3 is 2.32 bits per heavy atom. The van der Waals surface area contributed by atoms with Crippen LogP contribution >= 0.6 is 12.4 Å². The van der Waals surface area contributed by atoms with Crippen LogP contribution in [0.2, 0.25) is 0 Å². The van der Waals surface area contributed by atoms with Crippen molar-refractivity contribution in [3.63, 3.8) is 0 Å². The first kappa shape index (κ1) is 25.1. The Bertz CT molecular complexity index is 760. The first-order chi connectivity index (χ1) is 14.4. The van der Waals surface area contributed by atoms with Crippen molar-refractivity contribution in [2.45, 2.75) is 70.7 Å². The third-order valence-electron chi connectivity index (χ3n) is 6.39. The SMILES string of the molecule is CC[C@H](C)[C@H](N)C(=O)N1CCC[C@H]1C(=O)N1CCC[C@H]1C(=O)OCc1ccccc1.Cl. The van der Waals surface area contributed by atoms with E-state index in [0.717, 1.165) is 24.8 Å². The number of nitrogens with zero attached hydrogens (tertiary/aromatic N) is 2. The molecule has 31 heavy (non-hydrogen) atoms. The van der Waals surface area contributed by atoms with E-state index in [9.17, 15) is 14.4 Å². The molecule has 0 unspecified atom stereocenters. The molecule has 7 nitrogen and oxygen atoms in total. The summed E-state index contributed by atoms with van der Waals surface area (Å²) in [4.78, 5) is 42.1. The highest BCUT2D eigenvalue weighted by molar-refractivity contribution is 5.93. The van der Waals surface area contributed by atoms with Crippen LogP contribution in [0.15, 0.2) is 30.3 Å². The van der Waals surface area contributed by atoms with Crippen molar-refractivity contribution < 1.29 is 19.1 Å². The van der Waals surface area contributed by atoms with Gasteiger partial charge in [-0.05, 0) is 37.2 Å². The quantitative estimate of drug-likeness (QED) is 0.643. The fourth-order valence-electron chi connectivity index (χ4n) is 4.27. The summed E-state index contributed by atoms with van der Waals surface area (Å²) in [6.45, 7) is 5.20. The van der Waals surface area contributed by atoms with Crippen molar-refractivity contribution in [3.05, 3.63) is 35.9 Å². The predicted molar refractivity (Wildman–Crippen MR) is 120 cm³/mol. The summed E-state index contributed by atoms with van der Waals surface area (Å²) in [6, 6.07) is 7.77. The monoisotopic (exact) mass is 451 g/mol. The Morgan fingerprint density at radius 1 is 1.06 bits per heavy atom. The highest BCUT2D eigenvalue weighted by Gasteiger charge is 2.43. The van der Waals surface area contributed by atoms with Crippen LogP contribution in [0, 0.1) is 5.92 Å². The van der Waals surface area contributed by atoms with Crippen molar-refractivity contribution in [2.24, 2.45) is 11.7 Å². The van der Waals surface area contributed by atoms with Gasteiger partial charge in [0.2, 0.25) is 11.8 Å². The minimum absolute atomic E-state index is 0. The number of carbonyl (C=O) groups excluding carboxylic acids is 3. The molecule has 2 aliphatic rings. The summed E-state index contributed by atoms with van der Waals surface area (Å²) in [5.74, 6) is -0.641. The van der Waals surface area contributed by atoms with Gasteiger partial charge in [-0.15, -0.1) is 12.4 Å². The molecular weight excluding hydrogens is 418 g/mol. The number of hydrogen-bond acceptors (Lipinski definition) is 5. The molecule has 172 valence electrons. The molecule has 0 radical (unpaired) electrons. The van der Waals surface area contributed by atoms with Crippen molar-refractivity contribution in [1.29, 1.82) is 0 Å². The van der Waals surface area contributed by atoms with E-state index in [4.69, 9.17) is 10.5 Å². The standard InChI is InChI=1S/C23H33N3O4.ClH/c1-3-16(2)20(24)22(28)25-13-7-11-18(25)21(27)26-14-8-12-19(26)23(29)30-15-17-9-5-4-6-10-17;/h4-6,9-10,16,18-20H,3,7-8,11-15,24H2,1-2H3;1H/t16-,18-,19-,20-;/m0./s1. The van der Waals surface area contributed by atoms with Gasteiger partial charge in [-0.1, -0.05) is 50.6 Å². The normalized spacial score (nSPS) is 22.5. The number of carbonyl (C=O) groups is 3. The van der Waals surface area contributed by atoms with Gasteiger partial charge in [0.25, 0.3) is 0 Å². The summed E-state index contributed by atoms with van der Waals surface area (Å²) in [6.07, 6.45) is 3.53. The minimum atomic E-state index is -0.603. The Balaban J connectivity index is 0.00000341. The van der Waals surface area contributed by atoms with Crippen LogP contribution in [0.1, 0.15) is 51.5 Å². The summed E-state index contributed by atoms with van der Waals surface area (Å²) in [7, 11) is 0. The summed E-state index contributed by atoms with van der Waals surface area (Å²) in [5, 5.41) is 0. The number of ether oxygens (including phenoxy) is 1. The molecule has 0 aromatic heterocycles. The van der Waals surface area contributed by atoms with E-state index in [0.29, 0.717) is 25.9 Å². The van der Waals surface area contributed by atoms with Gasteiger partial charge in [-0.3, -0.25) is 9.59 Å². The number of esters is 1. The molecule has 3 rings (SSSR count). The zero-order chi connectivity index (χ0) is 21.7. The van der Waals surface area contributed by atoms with E-state index in [1.54, 1.807) is 9.80 Å². The van der Waals surface area contributed by atoms with Crippen molar-refractivity contribution >= 4 is 30.2 Å². The van der Waals surface area contributed by atoms with Crippen LogP contribution < -0.4 is 5.73 Å². The smallest absolute Gasteiger partial charge is 0.329 e. The number of benzene rings is 1. The van der Waals surface area contributed by atoms with E-state index in [1.165, 1.54) is 0 Å². The second-order valence-corrected chi connectivity index (χ2v) is 8.38. The van der Waals surface area contributed by atoms with Gasteiger partial charge in [0.05, 0.1) is 6.04 Å². The van der Waals surface area contributed by atoms with Crippen molar-refractivity contribution in [2.75, 3.05) is 13.1 Å². The molecule has 2 aliphatic heterocycles.